The van der Waals surface area contributed by atoms with Crippen LogP contribution < -0.4 is 10.6 Å². The number of aryl methyl sites for hydroxylation is 1. The molecule has 0 spiro atoms. The minimum absolute atomic E-state index is 0.0324. The lowest BCUT2D eigenvalue weighted by atomic mass is 10.0. The highest BCUT2D eigenvalue weighted by Crippen LogP contribution is 2.39. The van der Waals surface area contributed by atoms with Crippen molar-refractivity contribution in [1.29, 1.82) is 0 Å². The number of nitrogens with one attached hydrogen (secondary N) is 2. The molecular weight excluding hydrogens is 568 g/mol. The maximum absolute atomic E-state index is 12.9. The second kappa shape index (κ2) is 14.4. The van der Waals surface area contributed by atoms with E-state index in [0.717, 1.165) is 22.3 Å². The molecule has 3 aromatic carbocycles. The molecule has 1 aliphatic heterocycles. The summed E-state index contributed by atoms with van der Waals surface area (Å²) < 4.78 is 14.4. The minimum atomic E-state index is -0.702. The molecule has 4 atom stereocenters. The fraction of sp³-hybridized carbons (Fsp3) is 0.323. The van der Waals surface area contributed by atoms with Gasteiger partial charge < -0.3 is 25.2 Å². The molecule has 0 aliphatic carbocycles. The number of rotatable bonds is 11. The van der Waals surface area contributed by atoms with E-state index >= 15 is 0 Å². The van der Waals surface area contributed by atoms with Crippen LogP contribution in [-0.4, -0.2) is 55.0 Å². The van der Waals surface area contributed by atoms with E-state index in [-0.39, 0.29) is 24.6 Å². The van der Waals surface area contributed by atoms with Gasteiger partial charge in [0, 0.05) is 30.5 Å². The van der Waals surface area contributed by atoms with Gasteiger partial charge in [0.05, 0.1) is 24.9 Å². The molecule has 1 aromatic heterocycles. The number of amides is 2. The van der Waals surface area contributed by atoms with Gasteiger partial charge in [0.25, 0.3) is 0 Å². The number of aromatic nitrogens is 4. The molecule has 1 saturated heterocycles. The zero-order valence-corrected chi connectivity index (χ0v) is 24.7. The summed E-state index contributed by atoms with van der Waals surface area (Å²) in [7, 11) is 1.79. The summed E-state index contributed by atoms with van der Waals surface area (Å²) in [5, 5.41) is 27.4. The van der Waals surface area contributed by atoms with Crippen LogP contribution in [-0.2, 0) is 34.3 Å². The third kappa shape index (κ3) is 8.26. The monoisotopic (exact) mass is 602 g/mol. The highest BCUT2D eigenvalue weighted by molar-refractivity contribution is 7.99. The van der Waals surface area contributed by atoms with Crippen LogP contribution in [0, 0.1) is 0 Å². The smallest absolute Gasteiger partial charge is 0.319 e. The fourth-order valence-corrected chi connectivity index (χ4v) is 5.64. The molecule has 1 fully saturated rings. The Hall–Kier alpha value is -4.10. The Morgan fingerprint density at radius 3 is 2.51 bits per heavy atom. The van der Waals surface area contributed by atoms with E-state index in [1.54, 1.807) is 23.9 Å². The standard InChI is InChI=1S/C31H34N6O5S/c1-20(39)27(15-21-7-4-3-5-8-21)33-30(40)32-25-10-6-9-24(16-25)29-41-26(19-43-31-34-35-36-37(31)2)17-28(42-29)23-13-11-22(18-38)12-14-23/h3-14,16,26-29,38H,15,17-19H2,1-2H3,(H2,32,33,40)/t26-,27+,28+,29?/m0/s1. The lowest BCUT2D eigenvalue weighted by molar-refractivity contribution is -0.245. The van der Waals surface area contributed by atoms with Crippen molar-refractivity contribution in [3.63, 3.8) is 0 Å². The van der Waals surface area contributed by atoms with Gasteiger partial charge in [-0.3, -0.25) is 4.79 Å². The number of tetrazole rings is 1. The van der Waals surface area contributed by atoms with E-state index in [1.807, 2.05) is 66.7 Å². The molecule has 43 heavy (non-hydrogen) atoms. The normalized spacial score (nSPS) is 19.0. The van der Waals surface area contributed by atoms with Gasteiger partial charge in [-0.2, -0.15) is 0 Å². The minimum Gasteiger partial charge on any atom is -0.392 e. The van der Waals surface area contributed by atoms with Crippen molar-refractivity contribution in [3.05, 3.63) is 101 Å². The van der Waals surface area contributed by atoms with Crippen LogP contribution in [0.4, 0.5) is 10.5 Å². The van der Waals surface area contributed by atoms with Gasteiger partial charge in [-0.15, -0.1) is 5.10 Å². The van der Waals surface area contributed by atoms with Gasteiger partial charge >= 0.3 is 6.03 Å². The average molecular weight is 603 g/mol. The third-order valence-corrected chi connectivity index (χ3v) is 8.23. The van der Waals surface area contributed by atoms with Crippen molar-refractivity contribution in [2.24, 2.45) is 7.05 Å². The molecule has 0 radical (unpaired) electrons. The van der Waals surface area contributed by atoms with E-state index in [4.69, 9.17) is 9.47 Å². The van der Waals surface area contributed by atoms with E-state index in [9.17, 15) is 14.7 Å². The van der Waals surface area contributed by atoms with Gasteiger partial charge in [-0.05, 0) is 52.6 Å². The molecule has 2 heterocycles. The fourth-order valence-electron chi connectivity index (χ4n) is 4.77. The second-order valence-electron chi connectivity index (χ2n) is 10.3. The van der Waals surface area contributed by atoms with E-state index < -0.39 is 18.4 Å². The van der Waals surface area contributed by atoms with Crippen molar-refractivity contribution in [3.8, 4) is 0 Å². The molecule has 1 unspecified atom stereocenters. The average Bonchev–Trinajstić information content (AvgIpc) is 3.44. The summed E-state index contributed by atoms with van der Waals surface area (Å²) in [5.41, 5.74) is 4.03. The van der Waals surface area contributed by atoms with Crippen LogP contribution in [0.5, 0.6) is 0 Å². The molecule has 4 aromatic rings. The number of aliphatic hydroxyl groups is 1. The van der Waals surface area contributed by atoms with Crippen LogP contribution >= 0.6 is 11.8 Å². The predicted molar refractivity (Wildman–Crippen MR) is 161 cm³/mol. The number of Topliss-reactive ketones (excluding diaryl/α,β-unsaturated/α-hetero) is 1. The number of urea groups is 1. The largest absolute Gasteiger partial charge is 0.392 e. The Labute approximate surface area is 254 Å². The van der Waals surface area contributed by atoms with Crippen LogP contribution in [0.3, 0.4) is 0 Å². The van der Waals surface area contributed by atoms with E-state index in [0.29, 0.717) is 29.4 Å². The Kier molecular flexibility index (Phi) is 10.2. The zero-order valence-electron chi connectivity index (χ0n) is 23.9. The molecule has 2 amide bonds. The van der Waals surface area contributed by atoms with E-state index in [1.165, 1.54) is 18.7 Å². The number of anilines is 1. The van der Waals surface area contributed by atoms with Crippen molar-refractivity contribution >= 4 is 29.3 Å². The van der Waals surface area contributed by atoms with Crippen molar-refractivity contribution < 1.29 is 24.2 Å². The van der Waals surface area contributed by atoms with Gasteiger partial charge in [-0.25, -0.2) is 9.48 Å². The quantitative estimate of drug-likeness (QED) is 0.214. The number of ketones is 1. The Bertz CT molecular complexity index is 1520. The summed E-state index contributed by atoms with van der Waals surface area (Å²) in [6.45, 7) is 1.44. The maximum atomic E-state index is 12.9. The molecule has 224 valence electrons. The number of carbonyl (C=O) groups excluding carboxylic acids is 2. The van der Waals surface area contributed by atoms with Crippen molar-refractivity contribution in [2.75, 3.05) is 11.1 Å². The zero-order chi connectivity index (χ0) is 30.2. The summed E-state index contributed by atoms with van der Waals surface area (Å²) in [5.74, 6) is 0.476. The Balaban J connectivity index is 1.29. The molecule has 5 rings (SSSR count). The van der Waals surface area contributed by atoms with E-state index in [2.05, 4.69) is 26.2 Å². The van der Waals surface area contributed by atoms with Crippen LogP contribution in [0.25, 0.3) is 0 Å². The molecule has 0 bridgehead atoms. The summed E-state index contributed by atoms with van der Waals surface area (Å²) in [6, 6.07) is 23.4. The number of ether oxygens (including phenoxy) is 2. The van der Waals surface area contributed by atoms with Crippen molar-refractivity contribution in [2.45, 2.75) is 56.1 Å². The molecule has 0 saturated carbocycles. The van der Waals surface area contributed by atoms with Crippen LogP contribution in [0.15, 0.2) is 84.0 Å². The summed E-state index contributed by atoms with van der Waals surface area (Å²) >= 11 is 1.50. The molecule has 12 heteroatoms. The topological polar surface area (TPSA) is 140 Å². The molecule has 1 aliphatic rings. The third-order valence-electron chi connectivity index (χ3n) is 7.09. The first kappa shape index (κ1) is 30.4. The number of carbonyl (C=O) groups is 2. The van der Waals surface area contributed by atoms with Gasteiger partial charge in [0.1, 0.15) is 0 Å². The number of nitrogens with zero attached hydrogens (tertiary/aromatic N) is 4. The summed E-state index contributed by atoms with van der Waals surface area (Å²) in [6.07, 6.45) is -0.132. The lowest BCUT2D eigenvalue weighted by Crippen LogP contribution is -2.43. The number of thioether (sulfide) groups is 1. The van der Waals surface area contributed by atoms with Gasteiger partial charge in [0.15, 0.2) is 12.1 Å². The first-order valence-corrected chi connectivity index (χ1v) is 14.9. The molecular formula is C31H34N6O5S. The number of hydrogen-bond acceptors (Lipinski definition) is 9. The second-order valence-corrected chi connectivity index (χ2v) is 11.3. The highest BCUT2D eigenvalue weighted by atomic mass is 32.2. The lowest BCUT2D eigenvalue weighted by Gasteiger charge is -2.36. The number of benzene rings is 3. The number of hydrogen-bond donors (Lipinski definition) is 3. The van der Waals surface area contributed by atoms with Gasteiger partial charge in [0.2, 0.25) is 5.16 Å². The SMILES string of the molecule is CC(=O)[C@@H](Cc1ccccc1)NC(=O)Nc1cccc(C2O[C@H](CSc3nnnn3C)C[C@H](c3ccc(CO)cc3)O2)c1. The summed E-state index contributed by atoms with van der Waals surface area (Å²) in [4.78, 5) is 25.2. The first-order valence-electron chi connectivity index (χ1n) is 14.0. The highest BCUT2D eigenvalue weighted by Gasteiger charge is 2.33. The van der Waals surface area contributed by atoms with Gasteiger partial charge in [-0.1, -0.05) is 78.5 Å². The van der Waals surface area contributed by atoms with Crippen LogP contribution in [0.2, 0.25) is 0 Å². The van der Waals surface area contributed by atoms with Crippen molar-refractivity contribution in [1.82, 2.24) is 25.5 Å². The Morgan fingerprint density at radius 1 is 1.02 bits per heavy atom. The maximum Gasteiger partial charge on any atom is 0.319 e. The molecule has 3 N–H and O–H groups in total. The Morgan fingerprint density at radius 2 is 1.81 bits per heavy atom. The molecule has 11 nitrogen and oxygen atoms in total. The first-order chi connectivity index (χ1) is 20.9. The number of aliphatic hydroxyl groups excluding tert-OH is 1. The van der Waals surface area contributed by atoms with Crippen LogP contribution in [0.1, 0.15) is 48.0 Å². The predicted octanol–water partition coefficient (Wildman–Crippen LogP) is 4.36.